The van der Waals surface area contributed by atoms with Crippen LogP contribution in [-0.4, -0.2) is 48.3 Å². The first-order valence-electron chi connectivity index (χ1n) is 12.4. The van der Waals surface area contributed by atoms with Gasteiger partial charge < -0.3 is 19.0 Å². The first-order valence-corrected chi connectivity index (χ1v) is 12.4. The van der Waals surface area contributed by atoms with Crippen LogP contribution in [0.1, 0.15) is 36.7 Å². The molecule has 36 heavy (non-hydrogen) atoms. The molecule has 1 unspecified atom stereocenters. The van der Waals surface area contributed by atoms with Gasteiger partial charge in [-0.2, -0.15) is 0 Å². The molecule has 0 bridgehead atoms. The van der Waals surface area contributed by atoms with Gasteiger partial charge in [0, 0.05) is 17.3 Å². The molecule has 3 heterocycles. The normalized spacial score (nSPS) is 19.4. The lowest BCUT2D eigenvalue weighted by atomic mass is 9.81. The average Bonchev–Trinajstić information content (AvgIpc) is 3.33. The fraction of sp³-hybridized carbons (Fsp3) is 0.379. The second-order valence-corrected chi connectivity index (χ2v) is 9.55. The Morgan fingerprint density at radius 3 is 2.86 bits per heavy atom. The van der Waals surface area contributed by atoms with Gasteiger partial charge in [-0.1, -0.05) is 30.3 Å². The Morgan fingerprint density at radius 2 is 2.06 bits per heavy atom. The maximum atomic E-state index is 12.7. The smallest absolute Gasteiger partial charge is 0.310 e. The van der Waals surface area contributed by atoms with Crippen LogP contribution in [0, 0.1) is 11.8 Å². The van der Waals surface area contributed by atoms with Crippen molar-refractivity contribution in [3.63, 3.8) is 0 Å². The summed E-state index contributed by atoms with van der Waals surface area (Å²) >= 11 is 0. The molecule has 2 aromatic carbocycles. The zero-order valence-electron chi connectivity index (χ0n) is 20.7. The number of carbonyl (C=O) groups excluding carboxylic acids is 1. The number of aromatic nitrogens is 1. The summed E-state index contributed by atoms with van der Waals surface area (Å²) in [5.74, 6) is 1.26. The quantitative estimate of drug-likeness (QED) is 0.345. The molecule has 4 aromatic rings. The molecule has 5 rings (SSSR count). The topological polar surface area (TPSA) is 85.0 Å². The summed E-state index contributed by atoms with van der Waals surface area (Å²) in [7, 11) is 3.05. The van der Waals surface area contributed by atoms with E-state index in [0.717, 1.165) is 52.6 Å². The molecular weight excluding hydrogens is 456 g/mol. The average molecular weight is 489 g/mol. The Morgan fingerprint density at radius 1 is 1.19 bits per heavy atom. The van der Waals surface area contributed by atoms with Crippen LogP contribution in [0.5, 0.6) is 5.75 Å². The number of pyridine rings is 1. The van der Waals surface area contributed by atoms with Gasteiger partial charge in [-0.05, 0) is 61.6 Å². The predicted molar refractivity (Wildman–Crippen MR) is 138 cm³/mol. The number of fused-ring (bicyclic) bond motifs is 2. The fourth-order valence-corrected chi connectivity index (χ4v) is 5.39. The minimum absolute atomic E-state index is 0.140. The van der Waals surface area contributed by atoms with E-state index in [9.17, 15) is 9.90 Å². The SMILES string of the molecule is COC(=O)C1CN(Cc2cc3ccccc3o2)CC[C@H]1CC[C@@H](O)c1cccc2ncc(OC)cc12. The number of methoxy groups -OCH3 is 2. The highest BCUT2D eigenvalue weighted by Crippen LogP contribution is 2.34. The molecule has 1 aliphatic rings. The first-order chi connectivity index (χ1) is 17.6. The van der Waals surface area contributed by atoms with E-state index in [-0.39, 0.29) is 17.8 Å². The van der Waals surface area contributed by atoms with Gasteiger partial charge in [0.05, 0.1) is 44.5 Å². The molecule has 1 aliphatic heterocycles. The van der Waals surface area contributed by atoms with Gasteiger partial charge in [0.1, 0.15) is 17.1 Å². The second kappa shape index (κ2) is 10.7. The summed E-state index contributed by atoms with van der Waals surface area (Å²) in [6, 6.07) is 17.7. The molecule has 1 fully saturated rings. The number of ether oxygens (including phenoxy) is 2. The minimum Gasteiger partial charge on any atom is -0.495 e. The van der Waals surface area contributed by atoms with E-state index in [2.05, 4.69) is 16.0 Å². The van der Waals surface area contributed by atoms with E-state index in [0.29, 0.717) is 25.3 Å². The van der Waals surface area contributed by atoms with Crippen molar-refractivity contribution in [2.45, 2.75) is 31.9 Å². The summed E-state index contributed by atoms with van der Waals surface area (Å²) < 4.78 is 16.5. The summed E-state index contributed by atoms with van der Waals surface area (Å²) in [6.45, 7) is 2.13. The summed E-state index contributed by atoms with van der Waals surface area (Å²) in [5, 5.41) is 13.1. The molecule has 2 aromatic heterocycles. The number of carbonyl (C=O) groups is 1. The van der Waals surface area contributed by atoms with Crippen molar-refractivity contribution in [1.82, 2.24) is 9.88 Å². The molecule has 0 spiro atoms. The molecule has 0 amide bonds. The Bertz CT molecular complexity index is 1320. The molecule has 0 aliphatic carbocycles. The number of rotatable bonds is 8. The predicted octanol–water partition coefficient (Wildman–Crippen LogP) is 5.11. The van der Waals surface area contributed by atoms with Crippen LogP contribution in [0.2, 0.25) is 0 Å². The number of nitrogens with zero attached hydrogens (tertiary/aromatic N) is 2. The van der Waals surface area contributed by atoms with Gasteiger partial charge in [-0.3, -0.25) is 14.7 Å². The van der Waals surface area contributed by atoms with Crippen molar-refractivity contribution in [3.05, 3.63) is 72.1 Å². The third-order valence-electron chi connectivity index (χ3n) is 7.34. The van der Waals surface area contributed by atoms with E-state index in [1.54, 1.807) is 13.3 Å². The van der Waals surface area contributed by atoms with E-state index in [1.807, 2.05) is 48.5 Å². The lowest BCUT2D eigenvalue weighted by Crippen LogP contribution is -2.44. The van der Waals surface area contributed by atoms with Crippen molar-refractivity contribution in [3.8, 4) is 5.75 Å². The molecule has 3 atom stereocenters. The molecule has 0 radical (unpaired) electrons. The number of furan rings is 1. The largest absolute Gasteiger partial charge is 0.495 e. The fourth-order valence-electron chi connectivity index (χ4n) is 5.39. The number of esters is 1. The van der Waals surface area contributed by atoms with Crippen LogP contribution in [-0.2, 0) is 16.1 Å². The van der Waals surface area contributed by atoms with Crippen molar-refractivity contribution in [1.29, 1.82) is 0 Å². The number of hydrogen-bond acceptors (Lipinski definition) is 7. The van der Waals surface area contributed by atoms with Gasteiger partial charge in [-0.25, -0.2) is 0 Å². The molecule has 1 N–H and O–H groups in total. The van der Waals surface area contributed by atoms with Crippen molar-refractivity contribution < 1.29 is 23.8 Å². The Labute approximate surface area is 210 Å². The maximum absolute atomic E-state index is 12.7. The number of likely N-dealkylation sites (tertiary alicyclic amines) is 1. The second-order valence-electron chi connectivity index (χ2n) is 9.55. The molecule has 7 heteroatoms. The molecule has 0 saturated carbocycles. The highest BCUT2D eigenvalue weighted by atomic mass is 16.5. The van der Waals surface area contributed by atoms with Crippen LogP contribution in [0.15, 0.2) is 65.2 Å². The van der Waals surface area contributed by atoms with E-state index < -0.39 is 6.10 Å². The highest BCUT2D eigenvalue weighted by Gasteiger charge is 2.35. The van der Waals surface area contributed by atoms with Crippen LogP contribution in [0.4, 0.5) is 0 Å². The molecule has 188 valence electrons. The Hall–Kier alpha value is -3.42. The van der Waals surface area contributed by atoms with E-state index in [1.165, 1.54) is 7.11 Å². The van der Waals surface area contributed by atoms with Crippen molar-refractivity contribution in [2.24, 2.45) is 11.8 Å². The van der Waals surface area contributed by atoms with Gasteiger partial charge in [0.2, 0.25) is 0 Å². The van der Waals surface area contributed by atoms with Crippen molar-refractivity contribution in [2.75, 3.05) is 27.3 Å². The van der Waals surface area contributed by atoms with Crippen molar-refractivity contribution >= 4 is 27.8 Å². The van der Waals surface area contributed by atoms with Crippen LogP contribution < -0.4 is 4.74 Å². The number of aliphatic hydroxyl groups is 1. The van der Waals surface area contributed by atoms with E-state index >= 15 is 0 Å². The molecule has 7 nitrogen and oxygen atoms in total. The highest BCUT2D eigenvalue weighted by molar-refractivity contribution is 5.83. The number of benzene rings is 2. The molecular formula is C29H32N2O5. The van der Waals surface area contributed by atoms with Gasteiger partial charge in [0.25, 0.3) is 0 Å². The number of aliphatic hydroxyl groups excluding tert-OH is 1. The van der Waals surface area contributed by atoms with Gasteiger partial charge in [0.15, 0.2) is 0 Å². The third-order valence-corrected chi connectivity index (χ3v) is 7.34. The third kappa shape index (κ3) is 5.08. The standard InChI is InChI=1S/C29H32N2O5/c1-34-21-15-24-23(7-5-8-26(24)30-16-21)27(32)11-10-19-12-13-31(18-25(19)29(33)35-2)17-22-14-20-6-3-4-9-28(20)36-22/h3-9,14-16,19,25,27,32H,10-13,17-18H2,1-2H3/t19-,25?,27-/m1/s1. The number of hydrogen-bond donors (Lipinski definition) is 1. The monoisotopic (exact) mass is 488 g/mol. The van der Waals surface area contributed by atoms with Gasteiger partial charge >= 0.3 is 5.97 Å². The lowest BCUT2D eigenvalue weighted by molar-refractivity contribution is -0.150. The lowest BCUT2D eigenvalue weighted by Gasteiger charge is -2.37. The zero-order chi connectivity index (χ0) is 25.1. The Kier molecular flexibility index (Phi) is 7.20. The maximum Gasteiger partial charge on any atom is 0.310 e. The number of para-hydroxylation sites is 1. The van der Waals surface area contributed by atoms with Gasteiger partial charge in [-0.15, -0.1) is 0 Å². The summed E-state index contributed by atoms with van der Waals surface area (Å²) in [6.07, 6.45) is 3.16. The van der Waals surface area contributed by atoms with Crippen LogP contribution in [0.25, 0.3) is 21.9 Å². The number of piperidine rings is 1. The first kappa shape index (κ1) is 24.3. The van der Waals surface area contributed by atoms with E-state index in [4.69, 9.17) is 13.9 Å². The summed E-state index contributed by atoms with van der Waals surface area (Å²) in [4.78, 5) is 19.4. The van der Waals surface area contributed by atoms with Crippen LogP contribution >= 0.6 is 0 Å². The van der Waals surface area contributed by atoms with Crippen LogP contribution in [0.3, 0.4) is 0 Å². The summed E-state index contributed by atoms with van der Waals surface area (Å²) in [5.41, 5.74) is 2.52. The zero-order valence-corrected chi connectivity index (χ0v) is 20.7. The molecule has 1 saturated heterocycles. The Balaban J connectivity index is 1.26. The minimum atomic E-state index is -0.658.